The normalized spacial score (nSPS) is 15.7. The highest BCUT2D eigenvalue weighted by Gasteiger charge is 2.24. The van der Waals surface area contributed by atoms with E-state index < -0.39 is 0 Å². The molecule has 1 aliphatic heterocycles. The summed E-state index contributed by atoms with van der Waals surface area (Å²) in [4.78, 5) is 16.9. The van der Waals surface area contributed by atoms with Crippen molar-refractivity contribution in [1.82, 2.24) is 10.1 Å². The van der Waals surface area contributed by atoms with Crippen LogP contribution in [0.2, 0.25) is 0 Å². The Hall–Kier alpha value is -2.30. The Morgan fingerprint density at radius 2 is 1.88 bits per heavy atom. The molecule has 0 unspecified atom stereocenters. The van der Waals surface area contributed by atoms with Crippen molar-refractivity contribution in [3.63, 3.8) is 0 Å². The van der Waals surface area contributed by atoms with Gasteiger partial charge in [-0.1, -0.05) is 36.7 Å². The van der Waals surface area contributed by atoms with Gasteiger partial charge in [0.15, 0.2) is 0 Å². The van der Waals surface area contributed by atoms with Crippen molar-refractivity contribution >= 4 is 11.6 Å². The van der Waals surface area contributed by atoms with Gasteiger partial charge < -0.3 is 14.3 Å². The van der Waals surface area contributed by atoms with Crippen molar-refractivity contribution in [3.8, 4) is 0 Å². The summed E-state index contributed by atoms with van der Waals surface area (Å²) < 4.78 is 5.25. The van der Waals surface area contributed by atoms with Crippen molar-refractivity contribution in [3.05, 3.63) is 47.3 Å². The van der Waals surface area contributed by atoms with Crippen molar-refractivity contribution in [2.24, 2.45) is 0 Å². The van der Waals surface area contributed by atoms with Crippen molar-refractivity contribution in [1.29, 1.82) is 0 Å². The maximum absolute atomic E-state index is 12.6. The van der Waals surface area contributed by atoms with E-state index in [1.807, 2.05) is 18.7 Å². The first kappa shape index (κ1) is 16.6. The quantitative estimate of drug-likeness (QED) is 0.866. The topological polar surface area (TPSA) is 49.6 Å². The molecule has 2 heterocycles. The summed E-state index contributed by atoms with van der Waals surface area (Å²) in [6.45, 7) is 9.41. The maximum Gasteiger partial charge on any atom is 0.292 e. The zero-order valence-corrected chi connectivity index (χ0v) is 14.7. The van der Waals surface area contributed by atoms with Crippen LogP contribution in [-0.2, 0) is 0 Å². The van der Waals surface area contributed by atoms with Crippen LogP contribution in [0.25, 0.3) is 0 Å². The third-order valence-corrected chi connectivity index (χ3v) is 4.51. The summed E-state index contributed by atoms with van der Waals surface area (Å²) in [6.07, 6.45) is 0.949. The first-order valence-electron chi connectivity index (χ1n) is 8.62. The van der Waals surface area contributed by atoms with Crippen LogP contribution >= 0.6 is 0 Å². The van der Waals surface area contributed by atoms with Gasteiger partial charge in [0, 0.05) is 37.9 Å². The monoisotopic (exact) mass is 327 g/mol. The number of amides is 1. The van der Waals surface area contributed by atoms with E-state index in [0.717, 1.165) is 31.7 Å². The average molecular weight is 327 g/mol. The number of benzene rings is 1. The standard InChI is InChI=1S/C19H25N3O2/c1-14(2)17-13-18(24-20-17)19(23)22-10-4-9-21(11-12-22)16-7-5-15(3)6-8-16/h5-8,13-14H,4,9-12H2,1-3H3. The molecule has 1 aromatic heterocycles. The van der Waals surface area contributed by atoms with Gasteiger partial charge in [-0.25, -0.2) is 0 Å². The van der Waals surface area contributed by atoms with E-state index >= 15 is 0 Å². The molecule has 0 spiro atoms. The number of anilines is 1. The zero-order chi connectivity index (χ0) is 17.1. The summed E-state index contributed by atoms with van der Waals surface area (Å²) in [6, 6.07) is 10.3. The van der Waals surface area contributed by atoms with Gasteiger partial charge in [-0.2, -0.15) is 0 Å². The van der Waals surface area contributed by atoms with E-state index in [9.17, 15) is 4.79 Å². The molecule has 1 aromatic carbocycles. The summed E-state index contributed by atoms with van der Waals surface area (Å²) in [5.41, 5.74) is 3.31. The van der Waals surface area contributed by atoms with Gasteiger partial charge in [0.05, 0.1) is 5.69 Å². The predicted octanol–water partition coefficient (Wildman–Crippen LogP) is 3.46. The van der Waals surface area contributed by atoms with Gasteiger partial charge in [0.2, 0.25) is 5.76 Å². The molecule has 128 valence electrons. The van der Waals surface area contributed by atoms with E-state index in [-0.39, 0.29) is 11.8 Å². The van der Waals surface area contributed by atoms with E-state index in [2.05, 4.69) is 41.2 Å². The van der Waals surface area contributed by atoms with Gasteiger partial charge in [-0.15, -0.1) is 0 Å². The molecule has 24 heavy (non-hydrogen) atoms. The van der Waals surface area contributed by atoms with Crippen molar-refractivity contribution < 1.29 is 9.32 Å². The van der Waals surface area contributed by atoms with Crippen LogP contribution in [0, 0.1) is 6.92 Å². The molecule has 5 nitrogen and oxygen atoms in total. The minimum absolute atomic E-state index is 0.0554. The number of aryl methyl sites for hydroxylation is 1. The van der Waals surface area contributed by atoms with Crippen LogP contribution in [-0.4, -0.2) is 42.1 Å². The molecule has 0 radical (unpaired) electrons. The van der Waals surface area contributed by atoms with Gasteiger partial charge in [0.1, 0.15) is 0 Å². The third-order valence-electron chi connectivity index (χ3n) is 4.51. The van der Waals surface area contributed by atoms with Crippen LogP contribution in [0.4, 0.5) is 5.69 Å². The fraction of sp³-hybridized carbons (Fsp3) is 0.474. The molecule has 3 rings (SSSR count). The molecule has 0 aliphatic carbocycles. The molecule has 0 atom stereocenters. The first-order valence-corrected chi connectivity index (χ1v) is 8.62. The Morgan fingerprint density at radius 3 is 2.54 bits per heavy atom. The van der Waals surface area contributed by atoms with Crippen LogP contribution < -0.4 is 4.90 Å². The van der Waals surface area contributed by atoms with Gasteiger partial charge >= 0.3 is 0 Å². The summed E-state index contributed by atoms with van der Waals surface area (Å²) >= 11 is 0. The predicted molar refractivity (Wildman–Crippen MR) is 94.5 cm³/mol. The zero-order valence-electron chi connectivity index (χ0n) is 14.7. The number of nitrogens with zero attached hydrogens (tertiary/aromatic N) is 3. The lowest BCUT2D eigenvalue weighted by Gasteiger charge is -2.23. The number of carbonyl (C=O) groups excluding carboxylic acids is 1. The molecule has 5 heteroatoms. The fourth-order valence-electron chi connectivity index (χ4n) is 2.95. The Balaban J connectivity index is 1.66. The molecule has 1 amide bonds. The highest BCUT2D eigenvalue weighted by Crippen LogP contribution is 2.19. The lowest BCUT2D eigenvalue weighted by atomic mass is 10.1. The highest BCUT2D eigenvalue weighted by molar-refractivity contribution is 5.91. The Bertz CT molecular complexity index is 691. The van der Waals surface area contributed by atoms with E-state index in [0.29, 0.717) is 12.3 Å². The largest absolute Gasteiger partial charge is 0.370 e. The molecule has 1 aliphatic rings. The first-order chi connectivity index (χ1) is 11.5. The molecule has 0 bridgehead atoms. The summed E-state index contributed by atoms with van der Waals surface area (Å²) in [7, 11) is 0. The van der Waals surface area contributed by atoms with Crippen molar-refractivity contribution in [2.75, 3.05) is 31.1 Å². The second-order valence-corrected chi connectivity index (χ2v) is 6.74. The lowest BCUT2D eigenvalue weighted by molar-refractivity contribution is 0.0725. The molecule has 2 aromatic rings. The van der Waals surface area contributed by atoms with Crippen molar-refractivity contribution in [2.45, 2.75) is 33.1 Å². The second-order valence-electron chi connectivity index (χ2n) is 6.74. The molecular formula is C19H25N3O2. The molecular weight excluding hydrogens is 302 g/mol. The van der Waals surface area contributed by atoms with E-state index in [4.69, 9.17) is 4.52 Å². The fourth-order valence-corrected chi connectivity index (χ4v) is 2.95. The lowest BCUT2D eigenvalue weighted by Crippen LogP contribution is -2.35. The highest BCUT2D eigenvalue weighted by atomic mass is 16.5. The average Bonchev–Trinajstić information content (AvgIpc) is 2.94. The summed E-state index contributed by atoms with van der Waals surface area (Å²) in [5.74, 6) is 0.555. The number of carbonyl (C=O) groups is 1. The number of aromatic nitrogens is 1. The van der Waals surface area contributed by atoms with Crippen LogP contribution in [0.15, 0.2) is 34.9 Å². The molecule has 0 saturated carbocycles. The van der Waals surface area contributed by atoms with Crippen LogP contribution in [0.3, 0.4) is 0 Å². The minimum Gasteiger partial charge on any atom is -0.370 e. The second kappa shape index (κ2) is 7.07. The molecule has 1 fully saturated rings. The van der Waals surface area contributed by atoms with Crippen LogP contribution in [0.1, 0.15) is 48.0 Å². The maximum atomic E-state index is 12.6. The molecule has 1 saturated heterocycles. The minimum atomic E-state index is -0.0554. The number of hydrogen-bond acceptors (Lipinski definition) is 4. The van der Waals surface area contributed by atoms with Gasteiger partial charge in [-0.3, -0.25) is 4.79 Å². The van der Waals surface area contributed by atoms with Gasteiger partial charge in [0.25, 0.3) is 5.91 Å². The molecule has 0 N–H and O–H groups in total. The van der Waals surface area contributed by atoms with E-state index in [1.54, 1.807) is 6.07 Å². The smallest absolute Gasteiger partial charge is 0.292 e. The Morgan fingerprint density at radius 1 is 1.12 bits per heavy atom. The third kappa shape index (κ3) is 3.61. The van der Waals surface area contributed by atoms with E-state index in [1.165, 1.54) is 11.3 Å². The Labute approximate surface area is 143 Å². The summed E-state index contributed by atoms with van der Waals surface area (Å²) in [5, 5.41) is 3.99. The SMILES string of the molecule is Cc1ccc(N2CCCN(C(=O)c3cc(C(C)C)no3)CC2)cc1. The van der Waals surface area contributed by atoms with Gasteiger partial charge in [-0.05, 0) is 31.4 Å². The Kier molecular flexibility index (Phi) is 4.88. The number of rotatable bonds is 3. The van der Waals surface area contributed by atoms with Crippen LogP contribution in [0.5, 0.6) is 0 Å². The number of hydrogen-bond donors (Lipinski definition) is 0.